The first kappa shape index (κ1) is 6.79. The number of halogens is 3. The molecule has 0 aromatic heterocycles. The third-order valence-corrected chi connectivity index (χ3v) is 0.460. The Morgan fingerprint density at radius 3 is 1.86 bits per heavy atom. The van der Waals surface area contributed by atoms with E-state index in [1.165, 1.54) is 0 Å². The van der Waals surface area contributed by atoms with Crippen LogP contribution in [-0.2, 0) is 0 Å². The molecule has 0 saturated carbocycles. The van der Waals surface area contributed by atoms with Gasteiger partial charge in [0.25, 0.3) is 5.92 Å². The summed E-state index contributed by atoms with van der Waals surface area (Å²) in [5.74, 6) is -3.07. The second kappa shape index (κ2) is 2.19. The summed E-state index contributed by atoms with van der Waals surface area (Å²) in [5, 5.41) is 0. The molecular weight excluding hydrogens is 105 g/mol. The van der Waals surface area contributed by atoms with Gasteiger partial charge in [-0.2, -0.15) is 0 Å². The van der Waals surface area contributed by atoms with Crippen LogP contribution in [0, 0.1) is 6.92 Å². The normalized spacial score (nSPS) is 12.0. The van der Waals surface area contributed by atoms with E-state index in [4.69, 9.17) is 0 Å². The average molecular weight is 111 g/mol. The maximum Gasteiger partial charge on any atom is 0.250 e. The van der Waals surface area contributed by atoms with Crippen LogP contribution in [0.25, 0.3) is 0 Å². The van der Waals surface area contributed by atoms with Crippen molar-refractivity contribution in [2.24, 2.45) is 0 Å². The molecule has 0 fully saturated rings. The van der Waals surface area contributed by atoms with Crippen LogP contribution in [-0.4, -0.2) is 12.6 Å². The molecule has 43 valence electrons. The molecule has 0 bridgehead atoms. The van der Waals surface area contributed by atoms with Crippen molar-refractivity contribution >= 4 is 0 Å². The summed E-state index contributed by atoms with van der Waals surface area (Å²) in [7, 11) is 0. The van der Waals surface area contributed by atoms with Crippen molar-refractivity contribution in [1.29, 1.82) is 0 Å². The molecule has 0 aliphatic heterocycles. The van der Waals surface area contributed by atoms with E-state index in [0.29, 0.717) is 0 Å². The quantitative estimate of drug-likeness (QED) is 0.509. The Kier molecular flexibility index (Phi) is 2.12. The standard InChI is InChI=1S/C4H6F3/c1-4(6,7)2-3-5/h1-3H2. The lowest BCUT2D eigenvalue weighted by Crippen LogP contribution is -2.09. The molecule has 0 rings (SSSR count). The first-order valence-corrected chi connectivity index (χ1v) is 1.85. The van der Waals surface area contributed by atoms with Gasteiger partial charge in [0.15, 0.2) is 0 Å². The van der Waals surface area contributed by atoms with E-state index in [9.17, 15) is 13.2 Å². The first-order valence-electron chi connectivity index (χ1n) is 1.85. The Morgan fingerprint density at radius 1 is 1.43 bits per heavy atom. The Labute approximate surface area is 40.3 Å². The van der Waals surface area contributed by atoms with Crippen molar-refractivity contribution in [1.82, 2.24) is 0 Å². The SMILES string of the molecule is [CH2]C(F)(F)CCF. The highest BCUT2D eigenvalue weighted by Gasteiger charge is 2.19. The molecule has 0 nitrogen and oxygen atoms in total. The van der Waals surface area contributed by atoms with Crippen LogP contribution >= 0.6 is 0 Å². The molecule has 0 unspecified atom stereocenters. The van der Waals surface area contributed by atoms with Gasteiger partial charge in [0.1, 0.15) is 0 Å². The Balaban J connectivity index is 3.15. The fraction of sp³-hybridized carbons (Fsp3) is 0.750. The summed E-state index contributed by atoms with van der Waals surface area (Å²) in [4.78, 5) is 0. The lowest BCUT2D eigenvalue weighted by molar-refractivity contribution is 0.0355. The maximum absolute atomic E-state index is 11.4. The van der Waals surface area contributed by atoms with Gasteiger partial charge >= 0.3 is 0 Å². The monoisotopic (exact) mass is 111 g/mol. The minimum absolute atomic E-state index is 0.771. The Hall–Kier alpha value is -0.210. The van der Waals surface area contributed by atoms with Gasteiger partial charge in [-0.3, -0.25) is 4.39 Å². The average Bonchev–Trinajstić information content (AvgIpc) is 1.30. The van der Waals surface area contributed by atoms with Crippen molar-refractivity contribution < 1.29 is 13.2 Å². The molecule has 0 atom stereocenters. The third kappa shape index (κ3) is 5.79. The minimum atomic E-state index is -3.07. The zero-order chi connectivity index (χ0) is 5.91. The molecular formula is C4H6F3. The van der Waals surface area contributed by atoms with E-state index in [0.717, 1.165) is 0 Å². The predicted octanol–water partition coefficient (Wildman–Crippen LogP) is 1.82. The molecule has 0 N–H and O–H groups in total. The molecule has 0 aliphatic carbocycles. The van der Waals surface area contributed by atoms with Crippen LogP contribution in [0.5, 0.6) is 0 Å². The molecule has 0 aromatic carbocycles. The molecule has 0 heterocycles. The number of hydrogen-bond donors (Lipinski definition) is 0. The summed E-state index contributed by atoms with van der Waals surface area (Å²) < 4.78 is 33.7. The van der Waals surface area contributed by atoms with Crippen molar-refractivity contribution in [2.75, 3.05) is 6.67 Å². The van der Waals surface area contributed by atoms with Crippen molar-refractivity contribution in [3.63, 3.8) is 0 Å². The summed E-state index contributed by atoms with van der Waals surface area (Å²) in [6.07, 6.45) is -0.771. The topological polar surface area (TPSA) is 0 Å². The minimum Gasteiger partial charge on any atom is -0.251 e. The van der Waals surface area contributed by atoms with Crippen LogP contribution in [0.4, 0.5) is 13.2 Å². The van der Waals surface area contributed by atoms with E-state index in [-0.39, 0.29) is 0 Å². The molecule has 0 aliphatic rings. The summed E-state index contributed by atoms with van der Waals surface area (Å²) >= 11 is 0. The number of alkyl halides is 3. The van der Waals surface area contributed by atoms with Gasteiger partial charge in [-0.25, -0.2) is 8.78 Å². The predicted molar refractivity (Wildman–Crippen MR) is 20.9 cm³/mol. The Bertz CT molecular complexity index is 45.4. The Morgan fingerprint density at radius 2 is 1.86 bits per heavy atom. The maximum atomic E-state index is 11.4. The van der Waals surface area contributed by atoms with Gasteiger partial charge in [0.2, 0.25) is 0 Å². The van der Waals surface area contributed by atoms with Crippen LogP contribution in [0.3, 0.4) is 0 Å². The van der Waals surface area contributed by atoms with Crippen LogP contribution in [0.15, 0.2) is 0 Å². The van der Waals surface area contributed by atoms with Crippen molar-refractivity contribution in [2.45, 2.75) is 12.3 Å². The molecule has 0 aromatic rings. The highest BCUT2D eigenvalue weighted by molar-refractivity contribution is 4.66. The van der Waals surface area contributed by atoms with Crippen LogP contribution in [0.1, 0.15) is 6.42 Å². The largest absolute Gasteiger partial charge is 0.251 e. The lowest BCUT2D eigenvalue weighted by Gasteiger charge is -2.03. The highest BCUT2D eigenvalue weighted by Crippen LogP contribution is 2.14. The van der Waals surface area contributed by atoms with Crippen LogP contribution < -0.4 is 0 Å². The van der Waals surface area contributed by atoms with Gasteiger partial charge in [-0.15, -0.1) is 0 Å². The summed E-state index contributed by atoms with van der Waals surface area (Å²) in [6.45, 7) is 1.38. The number of hydrogen-bond acceptors (Lipinski definition) is 0. The van der Waals surface area contributed by atoms with Gasteiger partial charge in [0, 0.05) is 13.3 Å². The summed E-state index contributed by atoms with van der Waals surface area (Å²) in [5.41, 5.74) is 0. The second-order valence-electron chi connectivity index (χ2n) is 1.29. The number of rotatable bonds is 2. The second-order valence-corrected chi connectivity index (χ2v) is 1.29. The molecule has 7 heavy (non-hydrogen) atoms. The summed E-state index contributed by atoms with van der Waals surface area (Å²) in [6, 6.07) is 0. The van der Waals surface area contributed by atoms with E-state index >= 15 is 0 Å². The van der Waals surface area contributed by atoms with E-state index in [1.54, 1.807) is 0 Å². The van der Waals surface area contributed by atoms with Gasteiger partial charge in [0.05, 0.1) is 6.67 Å². The van der Waals surface area contributed by atoms with E-state index in [2.05, 4.69) is 6.92 Å². The van der Waals surface area contributed by atoms with Gasteiger partial charge in [-0.05, 0) is 0 Å². The van der Waals surface area contributed by atoms with Crippen molar-refractivity contribution in [3.8, 4) is 0 Å². The molecule has 0 spiro atoms. The first-order chi connectivity index (χ1) is 3.06. The molecule has 1 radical (unpaired) electrons. The smallest absolute Gasteiger partial charge is 0.250 e. The molecule has 3 heteroatoms. The molecule has 0 saturated heterocycles. The van der Waals surface area contributed by atoms with Crippen LogP contribution in [0.2, 0.25) is 0 Å². The van der Waals surface area contributed by atoms with E-state index in [1.807, 2.05) is 0 Å². The van der Waals surface area contributed by atoms with E-state index < -0.39 is 19.0 Å². The third-order valence-electron chi connectivity index (χ3n) is 0.460. The zero-order valence-corrected chi connectivity index (χ0v) is 3.76. The van der Waals surface area contributed by atoms with Gasteiger partial charge in [-0.1, -0.05) is 0 Å². The highest BCUT2D eigenvalue weighted by atomic mass is 19.3. The lowest BCUT2D eigenvalue weighted by atomic mass is 10.3. The zero-order valence-electron chi connectivity index (χ0n) is 3.76. The fourth-order valence-electron chi connectivity index (χ4n) is 0.138. The molecule has 0 amide bonds. The van der Waals surface area contributed by atoms with Crippen molar-refractivity contribution in [3.05, 3.63) is 6.92 Å². The van der Waals surface area contributed by atoms with Gasteiger partial charge < -0.3 is 0 Å². The fourth-order valence-corrected chi connectivity index (χ4v) is 0.138.